The lowest BCUT2D eigenvalue weighted by molar-refractivity contribution is -0.135. The minimum Gasteiger partial charge on any atom is -0.355 e. The summed E-state index contributed by atoms with van der Waals surface area (Å²) in [6, 6.07) is 5.31. The van der Waals surface area contributed by atoms with Crippen LogP contribution in [0.1, 0.15) is 19.3 Å². The first kappa shape index (κ1) is 18.1. The van der Waals surface area contributed by atoms with E-state index in [0.717, 1.165) is 12.8 Å². The summed E-state index contributed by atoms with van der Waals surface area (Å²) in [4.78, 5) is 38.5. The van der Waals surface area contributed by atoms with Crippen LogP contribution in [-0.2, 0) is 16.1 Å². The van der Waals surface area contributed by atoms with E-state index >= 15 is 0 Å². The second kappa shape index (κ2) is 8.13. The molecule has 2 amide bonds. The molecule has 1 unspecified atom stereocenters. The molecular weight excluding hydrogens is 336 g/mol. The third kappa shape index (κ3) is 3.93. The van der Waals surface area contributed by atoms with Gasteiger partial charge < -0.3 is 16.0 Å². The number of rotatable bonds is 6. The Kier molecular flexibility index (Phi) is 5.67. The molecule has 1 atom stereocenters. The SMILES string of the molecule is NCCNC(=O)C1CCCN(C(=O)CCn2nc3ccccn3c2=O)C1. The first-order valence-corrected chi connectivity index (χ1v) is 8.90. The van der Waals surface area contributed by atoms with Crippen molar-refractivity contribution in [3.63, 3.8) is 0 Å². The second-order valence-corrected chi connectivity index (χ2v) is 6.44. The van der Waals surface area contributed by atoms with Crippen LogP contribution in [0, 0.1) is 5.92 Å². The number of nitrogens with one attached hydrogen (secondary N) is 1. The van der Waals surface area contributed by atoms with Crippen molar-refractivity contribution < 1.29 is 9.59 Å². The van der Waals surface area contributed by atoms with Gasteiger partial charge in [-0.2, -0.15) is 0 Å². The number of nitrogens with two attached hydrogens (primary N) is 1. The number of aryl methyl sites for hydroxylation is 1. The van der Waals surface area contributed by atoms with E-state index in [2.05, 4.69) is 10.4 Å². The zero-order chi connectivity index (χ0) is 18.5. The van der Waals surface area contributed by atoms with Crippen LogP contribution in [0.2, 0.25) is 0 Å². The van der Waals surface area contributed by atoms with E-state index < -0.39 is 0 Å². The first-order valence-electron chi connectivity index (χ1n) is 8.90. The van der Waals surface area contributed by atoms with Gasteiger partial charge >= 0.3 is 5.69 Å². The number of carbonyl (C=O) groups is 2. The summed E-state index contributed by atoms with van der Waals surface area (Å²) in [5.41, 5.74) is 5.70. The Morgan fingerprint density at radius 1 is 1.35 bits per heavy atom. The van der Waals surface area contributed by atoms with E-state index in [4.69, 9.17) is 5.73 Å². The molecule has 2 aromatic rings. The van der Waals surface area contributed by atoms with Crippen molar-refractivity contribution in [1.29, 1.82) is 0 Å². The summed E-state index contributed by atoms with van der Waals surface area (Å²) in [6.45, 7) is 2.11. The molecule has 3 rings (SSSR count). The number of carbonyl (C=O) groups excluding carboxylic acids is 2. The summed E-state index contributed by atoms with van der Waals surface area (Å²) in [6.07, 6.45) is 3.39. The normalized spacial score (nSPS) is 17.4. The molecule has 1 saturated heterocycles. The van der Waals surface area contributed by atoms with Crippen molar-refractivity contribution in [3.8, 4) is 0 Å². The van der Waals surface area contributed by atoms with Crippen LogP contribution in [0.4, 0.5) is 0 Å². The van der Waals surface area contributed by atoms with Gasteiger partial charge in [0.05, 0.1) is 12.5 Å². The van der Waals surface area contributed by atoms with Crippen LogP contribution in [0.15, 0.2) is 29.2 Å². The molecule has 1 aliphatic heterocycles. The summed E-state index contributed by atoms with van der Waals surface area (Å²) in [5.74, 6) is -0.313. The minimum atomic E-state index is -0.258. The number of fused-ring (bicyclic) bond motifs is 1. The third-order valence-corrected chi connectivity index (χ3v) is 4.61. The molecule has 9 nitrogen and oxygen atoms in total. The lowest BCUT2D eigenvalue weighted by Gasteiger charge is -2.32. The summed E-state index contributed by atoms with van der Waals surface area (Å²) in [7, 11) is 0. The fourth-order valence-electron chi connectivity index (χ4n) is 3.23. The predicted octanol–water partition coefficient (Wildman–Crippen LogP) is -0.800. The Morgan fingerprint density at radius 2 is 2.19 bits per heavy atom. The van der Waals surface area contributed by atoms with Crippen molar-refractivity contribution in [2.75, 3.05) is 26.2 Å². The van der Waals surface area contributed by atoms with Gasteiger partial charge in [-0.3, -0.25) is 14.0 Å². The van der Waals surface area contributed by atoms with Gasteiger partial charge in [0.2, 0.25) is 11.8 Å². The monoisotopic (exact) mass is 360 g/mol. The number of aromatic nitrogens is 3. The van der Waals surface area contributed by atoms with Gasteiger partial charge in [-0.05, 0) is 25.0 Å². The van der Waals surface area contributed by atoms with E-state index in [1.54, 1.807) is 29.3 Å². The highest BCUT2D eigenvalue weighted by molar-refractivity contribution is 5.81. The van der Waals surface area contributed by atoms with E-state index in [9.17, 15) is 14.4 Å². The standard InChI is InChI=1S/C17H24N6O3/c18-7-8-19-16(25)13-4-3-9-21(12-13)15(24)6-11-23-17(26)22-10-2-1-5-14(22)20-23/h1-2,5,10,13H,3-4,6-9,11-12,18H2,(H,19,25). The highest BCUT2D eigenvalue weighted by Gasteiger charge is 2.28. The zero-order valence-corrected chi connectivity index (χ0v) is 14.6. The zero-order valence-electron chi connectivity index (χ0n) is 14.6. The van der Waals surface area contributed by atoms with Gasteiger partial charge in [0.15, 0.2) is 5.65 Å². The van der Waals surface area contributed by atoms with E-state index in [1.165, 1.54) is 9.08 Å². The minimum absolute atomic E-state index is 0.0514. The molecule has 0 spiro atoms. The van der Waals surface area contributed by atoms with Crippen LogP contribution in [0.25, 0.3) is 5.65 Å². The Bertz CT molecular complexity index is 842. The molecule has 0 radical (unpaired) electrons. The highest BCUT2D eigenvalue weighted by atomic mass is 16.2. The number of hydrogen-bond acceptors (Lipinski definition) is 5. The van der Waals surface area contributed by atoms with Gasteiger partial charge in [0, 0.05) is 38.8 Å². The average Bonchev–Trinajstić information content (AvgIpc) is 3.00. The van der Waals surface area contributed by atoms with Crippen molar-refractivity contribution in [3.05, 3.63) is 34.9 Å². The maximum atomic E-state index is 12.5. The molecule has 140 valence electrons. The molecular formula is C17H24N6O3. The average molecular weight is 360 g/mol. The molecule has 2 aromatic heterocycles. The van der Waals surface area contributed by atoms with Gasteiger partial charge in [-0.25, -0.2) is 9.48 Å². The maximum Gasteiger partial charge on any atom is 0.350 e. The number of hydrogen-bond donors (Lipinski definition) is 2. The van der Waals surface area contributed by atoms with Crippen molar-refractivity contribution in [2.45, 2.75) is 25.8 Å². The molecule has 26 heavy (non-hydrogen) atoms. The Balaban J connectivity index is 1.58. The molecule has 1 fully saturated rings. The lowest BCUT2D eigenvalue weighted by Crippen LogP contribution is -2.46. The highest BCUT2D eigenvalue weighted by Crippen LogP contribution is 2.17. The fourth-order valence-corrected chi connectivity index (χ4v) is 3.23. The number of amides is 2. The van der Waals surface area contributed by atoms with Gasteiger partial charge in [0.25, 0.3) is 0 Å². The lowest BCUT2D eigenvalue weighted by atomic mass is 9.97. The third-order valence-electron chi connectivity index (χ3n) is 4.61. The van der Waals surface area contributed by atoms with Crippen LogP contribution in [-0.4, -0.2) is 57.1 Å². The Hall–Kier alpha value is -2.68. The maximum absolute atomic E-state index is 12.5. The second-order valence-electron chi connectivity index (χ2n) is 6.44. The number of piperidine rings is 1. The van der Waals surface area contributed by atoms with Crippen LogP contribution in [0.5, 0.6) is 0 Å². The quantitative estimate of drug-likeness (QED) is 0.700. The molecule has 3 heterocycles. The van der Waals surface area contributed by atoms with E-state index in [-0.39, 0.29) is 36.4 Å². The van der Waals surface area contributed by atoms with Crippen molar-refractivity contribution in [2.24, 2.45) is 11.7 Å². The smallest absolute Gasteiger partial charge is 0.350 e. The van der Waals surface area contributed by atoms with Crippen LogP contribution in [0.3, 0.4) is 0 Å². The topological polar surface area (TPSA) is 115 Å². The molecule has 0 bridgehead atoms. The molecule has 3 N–H and O–H groups in total. The van der Waals surface area contributed by atoms with Crippen molar-refractivity contribution >= 4 is 17.5 Å². The Labute approximate surface area is 150 Å². The van der Waals surface area contributed by atoms with Gasteiger partial charge in [-0.15, -0.1) is 5.10 Å². The predicted molar refractivity (Wildman–Crippen MR) is 95.4 cm³/mol. The van der Waals surface area contributed by atoms with E-state index in [0.29, 0.717) is 31.8 Å². The van der Waals surface area contributed by atoms with Crippen LogP contribution < -0.4 is 16.7 Å². The number of pyridine rings is 1. The Morgan fingerprint density at radius 3 is 2.96 bits per heavy atom. The van der Waals surface area contributed by atoms with Gasteiger partial charge in [-0.1, -0.05) is 6.07 Å². The molecule has 0 saturated carbocycles. The fraction of sp³-hybridized carbons (Fsp3) is 0.529. The summed E-state index contributed by atoms with van der Waals surface area (Å²) >= 11 is 0. The summed E-state index contributed by atoms with van der Waals surface area (Å²) in [5, 5.41) is 7.01. The van der Waals surface area contributed by atoms with E-state index in [1.807, 2.05) is 0 Å². The van der Waals surface area contributed by atoms with Crippen molar-refractivity contribution in [1.82, 2.24) is 24.4 Å². The molecule has 9 heteroatoms. The number of likely N-dealkylation sites (tertiary alicyclic amines) is 1. The largest absolute Gasteiger partial charge is 0.355 e. The molecule has 0 aromatic carbocycles. The molecule has 1 aliphatic rings. The number of nitrogens with zero attached hydrogens (tertiary/aromatic N) is 4. The van der Waals surface area contributed by atoms with Crippen LogP contribution >= 0.6 is 0 Å². The summed E-state index contributed by atoms with van der Waals surface area (Å²) < 4.78 is 2.76. The molecule has 0 aliphatic carbocycles. The first-order chi connectivity index (χ1) is 12.6. The van der Waals surface area contributed by atoms with Gasteiger partial charge in [0.1, 0.15) is 0 Å².